The number of hydrogen-bond acceptors (Lipinski definition) is 2. The van der Waals surface area contributed by atoms with Crippen molar-refractivity contribution in [2.75, 3.05) is 5.32 Å². The number of amides is 1. The lowest BCUT2D eigenvalue weighted by atomic mass is 10.3. The van der Waals surface area contributed by atoms with Gasteiger partial charge >= 0.3 is 0 Å². The van der Waals surface area contributed by atoms with Gasteiger partial charge in [-0.15, -0.1) is 5.10 Å². The molecule has 4 heteroatoms. The lowest BCUT2D eigenvalue weighted by Gasteiger charge is -2.02. The van der Waals surface area contributed by atoms with Gasteiger partial charge in [-0.2, -0.15) is 0 Å². The van der Waals surface area contributed by atoms with E-state index in [9.17, 15) is 4.79 Å². The van der Waals surface area contributed by atoms with E-state index in [1.165, 1.54) is 6.92 Å². The van der Waals surface area contributed by atoms with Crippen molar-refractivity contribution in [1.29, 1.82) is 0 Å². The first-order valence-electron chi connectivity index (χ1n) is 5.06. The van der Waals surface area contributed by atoms with Crippen LogP contribution in [0.15, 0.2) is 36.4 Å². The minimum atomic E-state index is -0.113. The molecule has 1 heterocycles. The zero-order chi connectivity index (χ0) is 11.5. The molecule has 0 unspecified atom stereocenters. The Morgan fingerprint density at radius 1 is 1.31 bits per heavy atom. The van der Waals surface area contributed by atoms with Crippen LogP contribution in [0.2, 0.25) is 0 Å². The Labute approximate surface area is 93.9 Å². The summed E-state index contributed by atoms with van der Waals surface area (Å²) in [6.07, 6.45) is 0. The average molecular weight is 215 g/mol. The molecule has 2 rings (SSSR count). The Bertz CT molecular complexity index is 502. The summed E-state index contributed by atoms with van der Waals surface area (Å²) < 4.78 is 1.80. The van der Waals surface area contributed by atoms with Crippen molar-refractivity contribution < 1.29 is 4.79 Å². The Hall–Kier alpha value is -2.10. The summed E-state index contributed by atoms with van der Waals surface area (Å²) in [6.45, 7) is 3.42. The molecular weight excluding hydrogens is 202 g/mol. The van der Waals surface area contributed by atoms with Crippen LogP contribution in [0.4, 0.5) is 5.82 Å². The molecule has 0 saturated heterocycles. The number of nitrogens with zero attached hydrogens (tertiary/aromatic N) is 2. The first-order valence-corrected chi connectivity index (χ1v) is 5.06. The number of anilines is 1. The molecule has 0 fully saturated rings. The van der Waals surface area contributed by atoms with Crippen molar-refractivity contribution in [3.05, 3.63) is 42.1 Å². The van der Waals surface area contributed by atoms with Crippen molar-refractivity contribution >= 4 is 11.7 Å². The molecule has 16 heavy (non-hydrogen) atoms. The van der Waals surface area contributed by atoms with Gasteiger partial charge in [0, 0.05) is 18.7 Å². The van der Waals surface area contributed by atoms with Crippen molar-refractivity contribution in [2.24, 2.45) is 0 Å². The molecule has 1 amide bonds. The summed E-state index contributed by atoms with van der Waals surface area (Å²) in [5.41, 5.74) is 1.96. The van der Waals surface area contributed by atoms with Crippen LogP contribution in [0.3, 0.4) is 0 Å². The molecule has 0 aliphatic heterocycles. The molecule has 0 bridgehead atoms. The smallest absolute Gasteiger partial charge is 0.222 e. The number of aryl methyl sites for hydroxylation is 1. The molecule has 1 N–H and O–H groups in total. The zero-order valence-electron chi connectivity index (χ0n) is 9.27. The van der Waals surface area contributed by atoms with Crippen LogP contribution in [-0.4, -0.2) is 15.7 Å². The van der Waals surface area contributed by atoms with E-state index in [1.54, 1.807) is 4.68 Å². The van der Waals surface area contributed by atoms with E-state index in [2.05, 4.69) is 10.4 Å². The molecule has 1 aromatic heterocycles. The quantitative estimate of drug-likeness (QED) is 0.834. The Morgan fingerprint density at radius 3 is 2.62 bits per heavy atom. The fourth-order valence-electron chi connectivity index (χ4n) is 1.55. The van der Waals surface area contributed by atoms with Crippen LogP contribution in [-0.2, 0) is 4.79 Å². The molecule has 0 saturated carbocycles. The molecule has 0 atom stereocenters. The number of rotatable bonds is 2. The maximum atomic E-state index is 10.9. The highest BCUT2D eigenvalue weighted by Crippen LogP contribution is 2.14. The summed E-state index contributed by atoms with van der Waals surface area (Å²) in [6, 6.07) is 11.6. The third-order valence-electron chi connectivity index (χ3n) is 2.19. The van der Waals surface area contributed by atoms with E-state index in [0.717, 1.165) is 11.4 Å². The van der Waals surface area contributed by atoms with Crippen molar-refractivity contribution in [2.45, 2.75) is 13.8 Å². The summed E-state index contributed by atoms with van der Waals surface area (Å²) in [4.78, 5) is 10.9. The molecule has 82 valence electrons. The van der Waals surface area contributed by atoms with Gasteiger partial charge in [-0.1, -0.05) is 18.2 Å². The molecule has 4 nitrogen and oxygen atoms in total. The third-order valence-corrected chi connectivity index (χ3v) is 2.19. The van der Waals surface area contributed by atoms with Crippen molar-refractivity contribution in [1.82, 2.24) is 9.78 Å². The average Bonchev–Trinajstić information content (AvgIpc) is 2.60. The Balaban J connectivity index is 2.36. The highest BCUT2D eigenvalue weighted by molar-refractivity contribution is 5.87. The fourth-order valence-corrected chi connectivity index (χ4v) is 1.55. The molecule has 0 aliphatic carbocycles. The van der Waals surface area contributed by atoms with Crippen LogP contribution in [0.1, 0.15) is 12.6 Å². The Kier molecular flexibility index (Phi) is 2.72. The highest BCUT2D eigenvalue weighted by atomic mass is 16.1. The van der Waals surface area contributed by atoms with Crippen LogP contribution < -0.4 is 5.32 Å². The number of nitrogens with one attached hydrogen (secondary N) is 1. The predicted molar refractivity (Wildman–Crippen MR) is 62.6 cm³/mol. The molecule has 0 radical (unpaired) electrons. The lowest BCUT2D eigenvalue weighted by Crippen LogP contribution is -2.07. The van der Waals surface area contributed by atoms with E-state index in [1.807, 2.05) is 43.3 Å². The van der Waals surface area contributed by atoms with Gasteiger partial charge in [-0.05, 0) is 19.1 Å². The zero-order valence-corrected chi connectivity index (χ0v) is 9.27. The fraction of sp³-hybridized carbons (Fsp3) is 0.167. The second-order valence-corrected chi connectivity index (χ2v) is 3.60. The summed E-state index contributed by atoms with van der Waals surface area (Å²) in [5.74, 6) is 0.464. The number of benzene rings is 1. The van der Waals surface area contributed by atoms with E-state index in [-0.39, 0.29) is 5.91 Å². The molecule has 0 aliphatic rings. The van der Waals surface area contributed by atoms with Gasteiger partial charge in [0.25, 0.3) is 0 Å². The van der Waals surface area contributed by atoms with Gasteiger partial charge in [0.1, 0.15) is 0 Å². The van der Waals surface area contributed by atoms with E-state index >= 15 is 0 Å². The molecular formula is C12H13N3O. The second-order valence-electron chi connectivity index (χ2n) is 3.60. The van der Waals surface area contributed by atoms with Crippen molar-refractivity contribution in [3.63, 3.8) is 0 Å². The summed E-state index contributed by atoms with van der Waals surface area (Å²) in [7, 11) is 0. The topological polar surface area (TPSA) is 46.9 Å². The number of hydrogen-bond donors (Lipinski definition) is 1. The summed E-state index contributed by atoms with van der Waals surface area (Å²) >= 11 is 0. The number of carbonyl (C=O) groups excluding carboxylic acids is 1. The van der Waals surface area contributed by atoms with Gasteiger partial charge in [0.15, 0.2) is 5.82 Å². The maximum absolute atomic E-state index is 10.9. The number of carbonyl (C=O) groups is 1. The molecule has 2 aromatic rings. The molecule has 0 spiro atoms. The van der Waals surface area contributed by atoms with Crippen LogP contribution >= 0.6 is 0 Å². The number of aromatic nitrogens is 2. The van der Waals surface area contributed by atoms with Gasteiger partial charge in [-0.3, -0.25) is 4.79 Å². The third kappa shape index (κ3) is 2.11. The van der Waals surface area contributed by atoms with E-state index in [0.29, 0.717) is 5.82 Å². The molecule has 1 aromatic carbocycles. The Morgan fingerprint density at radius 2 is 2.00 bits per heavy atom. The largest absolute Gasteiger partial charge is 0.309 e. The normalized spacial score (nSPS) is 10.1. The second kappa shape index (κ2) is 4.18. The monoisotopic (exact) mass is 215 g/mol. The maximum Gasteiger partial charge on any atom is 0.222 e. The van der Waals surface area contributed by atoms with Gasteiger partial charge in [0.2, 0.25) is 5.91 Å². The highest BCUT2D eigenvalue weighted by Gasteiger charge is 2.06. The van der Waals surface area contributed by atoms with E-state index < -0.39 is 0 Å². The first-order chi connectivity index (χ1) is 7.66. The van der Waals surface area contributed by atoms with Crippen molar-refractivity contribution in [3.8, 4) is 5.69 Å². The minimum absolute atomic E-state index is 0.113. The van der Waals surface area contributed by atoms with Gasteiger partial charge in [0.05, 0.1) is 5.69 Å². The number of para-hydroxylation sites is 1. The van der Waals surface area contributed by atoms with E-state index in [4.69, 9.17) is 0 Å². The standard InChI is InChI=1S/C12H13N3O/c1-9-8-12(13-10(2)16)14-15(9)11-6-4-3-5-7-11/h3-8H,1-2H3,(H,13,14,16). The van der Waals surface area contributed by atoms with Gasteiger partial charge < -0.3 is 5.32 Å². The predicted octanol–water partition coefficient (Wildman–Crippen LogP) is 2.14. The summed E-state index contributed by atoms with van der Waals surface area (Å²) in [5, 5.41) is 6.97. The first kappa shape index (κ1) is 10.4. The minimum Gasteiger partial charge on any atom is -0.309 e. The van der Waals surface area contributed by atoms with Crippen LogP contribution in [0, 0.1) is 6.92 Å². The van der Waals surface area contributed by atoms with Crippen LogP contribution in [0.5, 0.6) is 0 Å². The van der Waals surface area contributed by atoms with Crippen LogP contribution in [0.25, 0.3) is 5.69 Å². The lowest BCUT2D eigenvalue weighted by molar-refractivity contribution is -0.114. The van der Waals surface area contributed by atoms with Gasteiger partial charge in [-0.25, -0.2) is 4.68 Å². The SMILES string of the molecule is CC(=O)Nc1cc(C)n(-c2ccccc2)n1.